The first-order valence-corrected chi connectivity index (χ1v) is 9.45. The lowest BCUT2D eigenvalue weighted by Gasteiger charge is -2.20. The van der Waals surface area contributed by atoms with Crippen molar-refractivity contribution in [2.45, 2.75) is 39.7 Å². The van der Waals surface area contributed by atoms with Crippen LogP contribution in [0.15, 0.2) is 65.5 Å². The van der Waals surface area contributed by atoms with Gasteiger partial charge in [0.1, 0.15) is 6.61 Å². The maximum atomic E-state index is 12.8. The van der Waals surface area contributed by atoms with Crippen molar-refractivity contribution >= 4 is 0 Å². The number of benzene rings is 2. The Labute approximate surface area is 173 Å². The zero-order chi connectivity index (χ0) is 21.7. The molecule has 2 aromatic carbocycles. The quantitative estimate of drug-likeness (QED) is 0.593. The van der Waals surface area contributed by atoms with Crippen molar-refractivity contribution in [2.75, 3.05) is 0 Å². The van der Waals surface area contributed by atoms with Gasteiger partial charge in [-0.2, -0.15) is 8.78 Å². The van der Waals surface area contributed by atoms with Gasteiger partial charge < -0.3 is 19.1 Å². The molecule has 1 atom stereocenters. The number of aromatic nitrogens is 1. The average Bonchev–Trinajstić information content (AvgIpc) is 2.70. The summed E-state index contributed by atoms with van der Waals surface area (Å²) in [7, 11) is 0. The van der Waals surface area contributed by atoms with Crippen molar-refractivity contribution in [3.63, 3.8) is 0 Å². The number of alkyl halides is 2. The van der Waals surface area contributed by atoms with E-state index in [2.05, 4.69) is 4.74 Å². The Bertz CT molecular complexity index is 1020. The fourth-order valence-corrected chi connectivity index (χ4v) is 3.23. The molecule has 158 valence electrons. The zero-order valence-corrected chi connectivity index (χ0v) is 16.7. The number of hydrogen-bond donors (Lipinski definition) is 1. The summed E-state index contributed by atoms with van der Waals surface area (Å²) in [5.74, 6) is 0.0108. The van der Waals surface area contributed by atoms with Gasteiger partial charge in [0.25, 0.3) is 0 Å². The molecule has 1 N–H and O–H groups in total. The average molecular weight is 415 g/mol. The molecule has 0 saturated heterocycles. The predicted octanol–water partition coefficient (Wildman–Crippen LogP) is 4.38. The highest BCUT2D eigenvalue weighted by atomic mass is 19.3. The van der Waals surface area contributed by atoms with Crippen molar-refractivity contribution in [1.82, 2.24) is 4.57 Å². The van der Waals surface area contributed by atoms with Gasteiger partial charge in [-0.25, -0.2) is 0 Å². The van der Waals surface area contributed by atoms with E-state index >= 15 is 0 Å². The van der Waals surface area contributed by atoms with E-state index < -0.39 is 12.7 Å². The van der Waals surface area contributed by atoms with E-state index in [9.17, 15) is 18.7 Å². The Hall–Kier alpha value is -3.19. The van der Waals surface area contributed by atoms with E-state index in [0.29, 0.717) is 5.56 Å². The monoisotopic (exact) mass is 415 g/mol. The molecule has 0 amide bonds. The fourth-order valence-electron chi connectivity index (χ4n) is 3.23. The molecular weight excluding hydrogens is 392 g/mol. The molecule has 0 bridgehead atoms. The number of ether oxygens (including phenoxy) is 2. The van der Waals surface area contributed by atoms with Gasteiger partial charge in [-0.1, -0.05) is 36.4 Å². The number of aryl methyl sites for hydroxylation is 2. The minimum Gasteiger partial charge on any atom is -0.485 e. The molecule has 7 heteroatoms. The zero-order valence-electron chi connectivity index (χ0n) is 16.7. The molecule has 0 spiro atoms. The highest BCUT2D eigenvalue weighted by molar-refractivity contribution is 5.44. The van der Waals surface area contributed by atoms with Crippen LogP contribution in [0, 0.1) is 13.8 Å². The Morgan fingerprint density at radius 2 is 1.63 bits per heavy atom. The lowest BCUT2D eigenvalue weighted by Crippen LogP contribution is -2.17. The number of nitrogens with zero attached hydrogens (tertiary/aromatic N) is 1. The van der Waals surface area contributed by atoms with Gasteiger partial charge in [0.2, 0.25) is 0 Å². The van der Waals surface area contributed by atoms with Crippen molar-refractivity contribution < 1.29 is 23.4 Å². The predicted molar refractivity (Wildman–Crippen MR) is 109 cm³/mol. The molecular formula is C23H23F2NO4. The largest absolute Gasteiger partial charge is 0.485 e. The topological polar surface area (TPSA) is 60.7 Å². The van der Waals surface area contributed by atoms with Gasteiger partial charge in [0, 0.05) is 23.5 Å². The van der Waals surface area contributed by atoms with Gasteiger partial charge in [-0.15, -0.1) is 0 Å². The first kappa shape index (κ1) is 21.5. The number of rotatable bonds is 8. The van der Waals surface area contributed by atoms with Crippen molar-refractivity contribution in [1.29, 1.82) is 0 Å². The van der Waals surface area contributed by atoms with Crippen molar-refractivity contribution in [3.8, 4) is 11.5 Å². The van der Waals surface area contributed by atoms with E-state index in [1.54, 1.807) is 13.8 Å². The molecule has 0 aliphatic heterocycles. The summed E-state index contributed by atoms with van der Waals surface area (Å²) in [4.78, 5) is 11.6. The summed E-state index contributed by atoms with van der Waals surface area (Å²) in [6.07, 6.45) is -0.940. The summed E-state index contributed by atoms with van der Waals surface area (Å²) in [5.41, 5.74) is 2.69. The van der Waals surface area contributed by atoms with Crippen molar-refractivity contribution in [3.05, 3.63) is 93.4 Å². The van der Waals surface area contributed by atoms with Gasteiger partial charge in [-0.05, 0) is 37.1 Å². The molecule has 0 aliphatic carbocycles. The van der Waals surface area contributed by atoms with E-state index in [1.165, 1.54) is 30.3 Å². The van der Waals surface area contributed by atoms with Gasteiger partial charge in [0.15, 0.2) is 16.9 Å². The number of hydrogen-bond acceptors (Lipinski definition) is 4. The lowest BCUT2D eigenvalue weighted by atomic mass is 10.1. The van der Waals surface area contributed by atoms with Crippen LogP contribution in [-0.4, -0.2) is 16.3 Å². The molecule has 3 rings (SSSR count). The SMILES string of the molecule is Cc1cc(=O)cc(C)n1CC(O)c1ccc(OC(F)F)c(OCc2ccccc2)c1. The highest BCUT2D eigenvalue weighted by Crippen LogP contribution is 2.33. The minimum absolute atomic E-state index is 0.0964. The maximum absolute atomic E-state index is 12.8. The third-order valence-electron chi connectivity index (χ3n) is 4.72. The van der Waals surface area contributed by atoms with Gasteiger partial charge >= 0.3 is 6.61 Å². The lowest BCUT2D eigenvalue weighted by molar-refractivity contribution is -0.0516. The number of pyridine rings is 1. The minimum atomic E-state index is -2.99. The Morgan fingerprint density at radius 1 is 0.967 bits per heavy atom. The molecule has 1 unspecified atom stereocenters. The normalized spacial score (nSPS) is 12.1. The molecule has 0 saturated carbocycles. The Morgan fingerprint density at radius 3 is 2.27 bits per heavy atom. The summed E-state index contributed by atoms with van der Waals surface area (Å²) in [6, 6.07) is 16.6. The molecule has 0 fully saturated rings. The van der Waals surface area contributed by atoms with Crippen LogP contribution >= 0.6 is 0 Å². The summed E-state index contributed by atoms with van der Waals surface area (Å²) >= 11 is 0. The fraction of sp³-hybridized carbons (Fsp3) is 0.261. The van der Waals surface area contributed by atoms with Crippen molar-refractivity contribution in [2.24, 2.45) is 0 Å². The highest BCUT2D eigenvalue weighted by Gasteiger charge is 2.17. The standard InChI is InChI=1S/C23H23F2NO4/c1-15-10-19(27)11-16(2)26(15)13-20(28)18-8-9-21(30-23(24)25)22(12-18)29-14-17-6-4-3-5-7-17/h3-12,20,23,28H,13-14H2,1-2H3. The molecule has 5 nitrogen and oxygen atoms in total. The molecule has 30 heavy (non-hydrogen) atoms. The van der Waals surface area contributed by atoms with Gasteiger partial charge in [0.05, 0.1) is 12.6 Å². The first-order valence-electron chi connectivity index (χ1n) is 9.45. The third-order valence-corrected chi connectivity index (χ3v) is 4.72. The molecule has 1 heterocycles. The van der Waals surface area contributed by atoms with E-state index in [1.807, 2.05) is 34.9 Å². The second-order valence-corrected chi connectivity index (χ2v) is 6.96. The summed E-state index contributed by atoms with van der Waals surface area (Å²) in [5, 5.41) is 10.7. The van der Waals surface area contributed by atoms with E-state index in [4.69, 9.17) is 4.74 Å². The van der Waals surface area contributed by atoms with Crippen LogP contribution in [0.2, 0.25) is 0 Å². The molecule has 1 aromatic heterocycles. The number of aliphatic hydroxyl groups excluding tert-OH is 1. The maximum Gasteiger partial charge on any atom is 0.387 e. The first-order chi connectivity index (χ1) is 14.3. The molecule has 0 aliphatic rings. The smallest absolute Gasteiger partial charge is 0.387 e. The Kier molecular flexibility index (Phi) is 6.84. The van der Waals surface area contributed by atoms with Crippen LogP contribution in [0.5, 0.6) is 11.5 Å². The summed E-state index contributed by atoms with van der Waals surface area (Å²) in [6.45, 7) is 0.944. The van der Waals surface area contributed by atoms with Crippen LogP contribution < -0.4 is 14.9 Å². The second-order valence-electron chi connectivity index (χ2n) is 6.96. The summed E-state index contributed by atoms with van der Waals surface area (Å²) < 4.78 is 37.6. The third kappa shape index (κ3) is 5.45. The number of aliphatic hydroxyl groups is 1. The van der Waals surface area contributed by atoms with Crippen LogP contribution in [0.1, 0.15) is 28.6 Å². The number of halogens is 2. The second kappa shape index (κ2) is 9.54. The molecule has 0 radical (unpaired) electrons. The van der Waals surface area contributed by atoms with E-state index in [0.717, 1.165) is 17.0 Å². The van der Waals surface area contributed by atoms with Crippen LogP contribution in [-0.2, 0) is 13.2 Å². The van der Waals surface area contributed by atoms with Gasteiger partial charge in [-0.3, -0.25) is 4.79 Å². The van der Waals surface area contributed by atoms with Crippen LogP contribution in [0.3, 0.4) is 0 Å². The Balaban J connectivity index is 1.84. The van der Waals surface area contributed by atoms with Crippen LogP contribution in [0.25, 0.3) is 0 Å². The van der Waals surface area contributed by atoms with E-state index in [-0.39, 0.29) is 30.1 Å². The van der Waals surface area contributed by atoms with Crippen LogP contribution in [0.4, 0.5) is 8.78 Å². The molecule has 3 aromatic rings.